The molecule has 1 aliphatic heterocycles. The summed E-state index contributed by atoms with van der Waals surface area (Å²) in [5.41, 5.74) is 0.937. The first kappa shape index (κ1) is 12.2. The molecule has 1 aromatic rings. The van der Waals surface area contributed by atoms with Gasteiger partial charge in [-0.15, -0.1) is 0 Å². The van der Waals surface area contributed by atoms with E-state index >= 15 is 0 Å². The van der Waals surface area contributed by atoms with Gasteiger partial charge in [-0.25, -0.2) is 0 Å². The summed E-state index contributed by atoms with van der Waals surface area (Å²) in [6, 6.07) is 7.84. The van der Waals surface area contributed by atoms with Crippen LogP contribution in [0.15, 0.2) is 24.3 Å². The molecule has 1 aliphatic rings. The fourth-order valence-electron chi connectivity index (χ4n) is 1.77. The number of aliphatic hydroxyl groups excluding tert-OH is 1. The largest absolute Gasteiger partial charge is 0.494 e. The summed E-state index contributed by atoms with van der Waals surface area (Å²) in [6.45, 7) is 4.81. The Hall–Kier alpha value is -1.26. The molecule has 0 amide bonds. The maximum absolute atomic E-state index is 9.29. The maximum Gasteiger partial charge on any atom is 0.119 e. The minimum atomic E-state index is -0.0986. The van der Waals surface area contributed by atoms with E-state index in [9.17, 15) is 5.11 Å². The Balaban J connectivity index is 1.86. The predicted octanol–water partition coefficient (Wildman–Crippen LogP) is 1.51. The van der Waals surface area contributed by atoms with Crippen LogP contribution in [-0.2, 0) is 4.74 Å². The molecule has 4 nitrogen and oxygen atoms in total. The van der Waals surface area contributed by atoms with Gasteiger partial charge in [0.25, 0.3) is 0 Å². The predicted molar refractivity (Wildman–Crippen MR) is 66.4 cm³/mol. The standard InChI is InChI=1S/C13H19NO3/c1-2-17-12-5-3-11(4-6-12)14-7-13(8-15)9-16-10-13/h3-6,14-15H,2,7-10H2,1H3. The van der Waals surface area contributed by atoms with Gasteiger partial charge in [-0.1, -0.05) is 0 Å². The van der Waals surface area contributed by atoms with Crippen LogP contribution in [0.5, 0.6) is 5.75 Å². The number of nitrogens with one attached hydrogen (secondary N) is 1. The van der Waals surface area contributed by atoms with Gasteiger partial charge < -0.3 is 19.9 Å². The number of ether oxygens (including phenoxy) is 2. The second kappa shape index (κ2) is 5.38. The molecule has 0 saturated carbocycles. The first-order chi connectivity index (χ1) is 8.28. The Morgan fingerprint density at radius 1 is 1.35 bits per heavy atom. The van der Waals surface area contributed by atoms with E-state index in [2.05, 4.69) is 5.32 Å². The molecule has 94 valence electrons. The molecule has 0 bridgehead atoms. The quantitative estimate of drug-likeness (QED) is 0.787. The molecule has 0 spiro atoms. The Kier molecular flexibility index (Phi) is 3.86. The highest BCUT2D eigenvalue weighted by Gasteiger charge is 2.37. The molecule has 2 rings (SSSR count). The summed E-state index contributed by atoms with van der Waals surface area (Å²) in [7, 11) is 0. The third-order valence-corrected chi connectivity index (χ3v) is 2.98. The van der Waals surface area contributed by atoms with Crippen LogP contribution in [-0.4, -0.2) is 38.1 Å². The molecule has 0 radical (unpaired) electrons. The monoisotopic (exact) mass is 237 g/mol. The molecular weight excluding hydrogens is 218 g/mol. The van der Waals surface area contributed by atoms with Crippen LogP contribution in [0, 0.1) is 5.41 Å². The van der Waals surface area contributed by atoms with Gasteiger partial charge in [-0.3, -0.25) is 0 Å². The number of hydrogen-bond donors (Lipinski definition) is 2. The van der Waals surface area contributed by atoms with Crippen LogP contribution in [0.2, 0.25) is 0 Å². The Bertz CT molecular complexity index is 341. The number of rotatable bonds is 6. The van der Waals surface area contributed by atoms with Crippen LogP contribution < -0.4 is 10.1 Å². The lowest BCUT2D eigenvalue weighted by atomic mass is 9.87. The van der Waals surface area contributed by atoms with Crippen LogP contribution in [0.25, 0.3) is 0 Å². The molecule has 2 N–H and O–H groups in total. The summed E-state index contributed by atoms with van der Waals surface area (Å²) < 4.78 is 10.5. The van der Waals surface area contributed by atoms with Crippen LogP contribution in [0.3, 0.4) is 0 Å². The lowest BCUT2D eigenvalue weighted by Gasteiger charge is -2.40. The zero-order valence-electron chi connectivity index (χ0n) is 10.1. The zero-order valence-corrected chi connectivity index (χ0v) is 10.1. The Morgan fingerprint density at radius 3 is 2.53 bits per heavy atom. The molecule has 0 atom stereocenters. The van der Waals surface area contributed by atoms with E-state index in [-0.39, 0.29) is 12.0 Å². The van der Waals surface area contributed by atoms with Gasteiger partial charge in [0.05, 0.1) is 31.8 Å². The summed E-state index contributed by atoms with van der Waals surface area (Å²) in [6.07, 6.45) is 0. The first-order valence-corrected chi connectivity index (χ1v) is 5.93. The van der Waals surface area contributed by atoms with Gasteiger partial charge in [0, 0.05) is 12.2 Å². The lowest BCUT2D eigenvalue weighted by Crippen LogP contribution is -2.50. The maximum atomic E-state index is 9.29. The van der Waals surface area contributed by atoms with Crippen LogP contribution in [0.1, 0.15) is 6.92 Å². The van der Waals surface area contributed by atoms with E-state index in [0.29, 0.717) is 19.8 Å². The van der Waals surface area contributed by atoms with E-state index in [1.165, 1.54) is 0 Å². The first-order valence-electron chi connectivity index (χ1n) is 5.93. The average molecular weight is 237 g/mol. The molecule has 0 unspecified atom stereocenters. The van der Waals surface area contributed by atoms with Crippen molar-refractivity contribution in [2.24, 2.45) is 5.41 Å². The molecule has 17 heavy (non-hydrogen) atoms. The normalized spacial score (nSPS) is 17.3. The summed E-state index contributed by atoms with van der Waals surface area (Å²) in [4.78, 5) is 0. The molecule has 1 saturated heterocycles. The third kappa shape index (κ3) is 2.90. The van der Waals surface area contributed by atoms with Crippen molar-refractivity contribution in [3.8, 4) is 5.75 Å². The molecule has 1 aromatic carbocycles. The van der Waals surface area contributed by atoms with Gasteiger partial charge in [-0.2, -0.15) is 0 Å². The summed E-state index contributed by atoms with van der Waals surface area (Å²) in [5.74, 6) is 0.877. The van der Waals surface area contributed by atoms with Crippen molar-refractivity contribution >= 4 is 5.69 Å². The molecule has 4 heteroatoms. The van der Waals surface area contributed by atoms with Gasteiger partial charge in [0.1, 0.15) is 5.75 Å². The molecular formula is C13H19NO3. The van der Waals surface area contributed by atoms with E-state index in [0.717, 1.165) is 18.0 Å². The summed E-state index contributed by atoms with van der Waals surface area (Å²) >= 11 is 0. The molecule has 1 heterocycles. The second-order valence-electron chi connectivity index (χ2n) is 4.46. The highest BCUT2D eigenvalue weighted by molar-refractivity contribution is 5.46. The van der Waals surface area contributed by atoms with Crippen molar-refractivity contribution in [3.63, 3.8) is 0 Å². The summed E-state index contributed by atoms with van der Waals surface area (Å²) in [5, 5.41) is 12.6. The molecule has 0 aromatic heterocycles. The van der Waals surface area contributed by atoms with E-state index in [4.69, 9.17) is 9.47 Å². The third-order valence-electron chi connectivity index (χ3n) is 2.98. The van der Waals surface area contributed by atoms with Crippen molar-refractivity contribution < 1.29 is 14.6 Å². The average Bonchev–Trinajstić information content (AvgIpc) is 2.31. The van der Waals surface area contributed by atoms with Crippen LogP contribution in [0.4, 0.5) is 5.69 Å². The van der Waals surface area contributed by atoms with Crippen molar-refractivity contribution in [2.45, 2.75) is 6.92 Å². The van der Waals surface area contributed by atoms with Gasteiger partial charge in [0.2, 0.25) is 0 Å². The number of benzene rings is 1. The van der Waals surface area contributed by atoms with E-state index in [1.54, 1.807) is 0 Å². The zero-order chi connectivity index (χ0) is 12.1. The number of anilines is 1. The fourth-order valence-corrected chi connectivity index (χ4v) is 1.77. The van der Waals surface area contributed by atoms with E-state index < -0.39 is 0 Å². The van der Waals surface area contributed by atoms with Gasteiger partial charge in [-0.05, 0) is 31.2 Å². The van der Waals surface area contributed by atoms with E-state index in [1.807, 2.05) is 31.2 Å². The minimum absolute atomic E-state index is 0.0986. The van der Waals surface area contributed by atoms with Crippen molar-refractivity contribution in [2.75, 3.05) is 38.3 Å². The molecule has 1 fully saturated rings. The Labute approximate surface area is 102 Å². The van der Waals surface area contributed by atoms with Crippen LogP contribution >= 0.6 is 0 Å². The molecule has 0 aliphatic carbocycles. The van der Waals surface area contributed by atoms with Crippen molar-refractivity contribution in [1.29, 1.82) is 0 Å². The lowest BCUT2D eigenvalue weighted by molar-refractivity contribution is -0.128. The smallest absolute Gasteiger partial charge is 0.119 e. The number of hydrogen-bond acceptors (Lipinski definition) is 4. The minimum Gasteiger partial charge on any atom is -0.494 e. The SMILES string of the molecule is CCOc1ccc(NCC2(CO)COC2)cc1. The highest BCUT2D eigenvalue weighted by Crippen LogP contribution is 2.27. The topological polar surface area (TPSA) is 50.7 Å². The van der Waals surface area contributed by atoms with Crippen molar-refractivity contribution in [1.82, 2.24) is 0 Å². The fraction of sp³-hybridized carbons (Fsp3) is 0.538. The number of aliphatic hydroxyl groups is 1. The van der Waals surface area contributed by atoms with Gasteiger partial charge in [0.15, 0.2) is 0 Å². The van der Waals surface area contributed by atoms with Gasteiger partial charge >= 0.3 is 0 Å². The second-order valence-corrected chi connectivity index (χ2v) is 4.46. The van der Waals surface area contributed by atoms with Crippen molar-refractivity contribution in [3.05, 3.63) is 24.3 Å². The Morgan fingerprint density at radius 2 is 2.06 bits per heavy atom. The highest BCUT2D eigenvalue weighted by atomic mass is 16.5.